The Morgan fingerprint density at radius 2 is 1.92 bits per heavy atom. The first-order valence-corrected chi connectivity index (χ1v) is 7.93. The van der Waals surface area contributed by atoms with Gasteiger partial charge in [0.15, 0.2) is 0 Å². The van der Waals surface area contributed by atoms with E-state index in [1.165, 1.54) is 5.56 Å². The number of furan rings is 1. The number of carbonyl (C=O) groups is 1. The molecular weight excluding hydrogens is 302 g/mol. The Kier molecular flexibility index (Phi) is 4.67. The first-order chi connectivity index (χ1) is 11.6. The number of benzene rings is 2. The Hall–Kier alpha value is -2.59. The molecule has 1 heterocycles. The minimum Gasteiger partial charge on any atom is -0.464 e. The van der Waals surface area contributed by atoms with Gasteiger partial charge in [-0.3, -0.25) is 4.79 Å². The van der Waals surface area contributed by atoms with Crippen LogP contribution in [0.2, 0.25) is 0 Å². The van der Waals surface area contributed by atoms with Crippen molar-refractivity contribution in [2.75, 3.05) is 12.4 Å². The van der Waals surface area contributed by atoms with Crippen LogP contribution in [0.4, 0.5) is 5.69 Å². The maximum Gasteiger partial charge on any atom is 0.228 e. The molecule has 0 aliphatic rings. The highest BCUT2D eigenvalue weighted by molar-refractivity contribution is 5.96. The highest BCUT2D eigenvalue weighted by atomic mass is 16.5. The zero-order valence-corrected chi connectivity index (χ0v) is 14.2. The van der Waals surface area contributed by atoms with Crippen molar-refractivity contribution in [3.8, 4) is 0 Å². The number of aryl methyl sites for hydroxylation is 2. The normalized spacial score (nSPS) is 11.0. The third-order valence-corrected chi connectivity index (χ3v) is 4.28. The molecule has 0 unspecified atom stereocenters. The van der Waals surface area contributed by atoms with Crippen LogP contribution in [0.15, 0.2) is 47.1 Å². The van der Waals surface area contributed by atoms with Crippen molar-refractivity contribution in [3.63, 3.8) is 0 Å². The lowest BCUT2D eigenvalue weighted by molar-refractivity contribution is -0.115. The van der Waals surface area contributed by atoms with Crippen LogP contribution in [0, 0.1) is 13.8 Å². The van der Waals surface area contributed by atoms with Crippen LogP contribution in [0.3, 0.4) is 0 Å². The van der Waals surface area contributed by atoms with E-state index in [-0.39, 0.29) is 12.3 Å². The summed E-state index contributed by atoms with van der Waals surface area (Å²) in [5.74, 6) is -0.0699. The predicted molar refractivity (Wildman–Crippen MR) is 95.2 cm³/mol. The van der Waals surface area contributed by atoms with E-state index in [1.54, 1.807) is 13.4 Å². The van der Waals surface area contributed by atoms with Crippen LogP contribution in [-0.4, -0.2) is 13.0 Å². The minimum absolute atomic E-state index is 0.0699. The fourth-order valence-corrected chi connectivity index (χ4v) is 2.82. The molecule has 0 radical (unpaired) electrons. The predicted octanol–water partition coefficient (Wildman–Crippen LogP) is 4.38. The standard InChI is InChI=1S/C20H21NO3/c1-13-8-9-17-16(12-24-20(17)14(13)2)10-19(22)21-18-7-5-4-6-15(18)11-23-3/h4-9,12H,10-11H2,1-3H3,(H,21,22). The highest BCUT2D eigenvalue weighted by Crippen LogP contribution is 2.27. The molecule has 1 aromatic heterocycles. The number of carbonyl (C=O) groups excluding carboxylic acids is 1. The van der Waals surface area contributed by atoms with Gasteiger partial charge >= 0.3 is 0 Å². The van der Waals surface area contributed by atoms with Gasteiger partial charge in [-0.25, -0.2) is 0 Å². The number of para-hydroxylation sites is 1. The van der Waals surface area contributed by atoms with E-state index >= 15 is 0 Å². The lowest BCUT2D eigenvalue weighted by atomic mass is 10.0. The van der Waals surface area contributed by atoms with E-state index in [1.807, 2.05) is 37.3 Å². The van der Waals surface area contributed by atoms with Crippen LogP contribution in [-0.2, 0) is 22.6 Å². The second kappa shape index (κ2) is 6.89. The smallest absolute Gasteiger partial charge is 0.228 e. The molecule has 0 saturated heterocycles. The molecule has 1 N–H and O–H groups in total. The van der Waals surface area contributed by atoms with E-state index in [0.29, 0.717) is 6.61 Å². The maximum atomic E-state index is 12.4. The molecule has 0 saturated carbocycles. The summed E-state index contributed by atoms with van der Waals surface area (Å²) in [7, 11) is 1.64. The Balaban J connectivity index is 1.80. The van der Waals surface area contributed by atoms with Crippen molar-refractivity contribution in [2.24, 2.45) is 0 Å². The maximum absolute atomic E-state index is 12.4. The molecule has 3 aromatic rings. The molecule has 4 heteroatoms. The summed E-state index contributed by atoms with van der Waals surface area (Å²) in [6, 6.07) is 11.7. The summed E-state index contributed by atoms with van der Waals surface area (Å²) in [4.78, 5) is 12.4. The molecule has 24 heavy (non-hydrogen) atoms. The second-order valence-electron chi connectivity index (χ2n) is 5.96. The van der Waals surface area contributed by atoms with Crippen molar-refractivity contribution in [1.29, 1.82) is 0 Å². The van der Waals surface area contributed by atoms with Gasteiger partial charge in [0.2, 0.25) is 5.91 Å². The molecule has 0 aliphatic carbocycles. The molecule has 0 spiro atoms. The first kappa shape index (κ1) is 16.3. The second-order valence-corrected chi connectivity index (χ2v) is 5.96. The van der Waals surface area contributed by atoms with Gasteiger partial charge in [-0.1, -0.05) is 30.3 Å². The van der Waals surface area contributed by atoms with Gasteiger partial charge < -0.3 is 14.5 Å². The van der Waals surface area contributed by atoms with E-state index in [4.69, 9.17) is 9.15 Å². The van der Waals surface area contributed by atoms with Crippen LogP contribution < -0.4 is 5.32 Å². The lowest BCUT2D eigenvalue weighted by Gasteiger charge is -2.10. The summed E-state index contributed by atoms with van der Waals surface area (Å²) < 4.78 is 10.8. The molecule has 1 amide bonds. The van der Waals surface area contributed by atoms with E-state index in [0.717, 1.165) is 33.3 Å². The molecule has 0 bridgehead atoms. The Morgan fingerprint density at radius 1 is 1.12 bits per heavy atom. The van der Waals surface area contributed by atoms with Crippen molar-refractivity contribution in [1.82, 2.24) is 0 Å². The molecule has 0 fully saturated rings. The number of nitrogens with one attached hydrogen (secondary N) is 1. The summed E-state index contributed by atoms with van der Waals surface area (Å²) in [5.41, 5.74) is 5.79. The summed E-state index contributed by atoms with van der Waals surface area (Å²) in [5, 5.41) is 3.96. The molecule has 3 rings (SSSR count). The van der Waals surface area contributed by atoms with Crippen LogP contribution in [0.5, 0.6) is 0 Å². The topological polar surface area (TPSA) is 51.5 Å². The monoisotopic (exact) mass is 323 g/mol. The Labute approximate surface area is 141 Å². The van der Waals surface area contributed by atoms with E-state index < -0.39 is 0 Å². The number of rotatable bonds is 5. The van der Waals surface area contributed by atoms with Gasteiger partial charge in [-0.2, -0.15) is 0 Å². The first-order valence-electron chi connectivity index (χ1n) is 7.93. The van der Waals surface area contributed by atoms with E-state index in [2.05, 4.69) is 18.3 Å². The van der Waals surface area contributed by atoms with Crippen LogP contribution >= 0.6 is 0 Å². The average Bonchev–Trinajstić information content (AvgIpc) is 2.96. The quantitative estimate of drug-likeness (QED) is 0.758. The number of ether oxygens (including phenoxy) is 1. The number of fused-ring (bicyclic) bond motifs is 1. The zero-order valence-electron chi connectivity index (χ0n) is 14.2. The van der Waals surface area contributed by atoms with Gasteiger partial charge in [-0.05, 0) is 31.0 Å². The Bertz CT molecular complexity index is 880. The zero-order chi connectivity index (χ0) is 17.1. The summed E-state index contributed by atoms with van der Waals surface area (Å²) >= 11 is 0. The number of methoxy groups -OCH3 is 1. The van der Waals surface area contributed by atoms with Crippen molar-refractivity contribution in [2.45, 2.75) is 26.9 Å². The summed E-state index contributed by atoms with van der Waals surface area (Å²) in [6.45, 7) is 4.55. The molecule has 2 aromatic carbocycles. The minimum atomic E-state index is -0.0699. The van der Waals surface area contributed by atoms with E-state index in [9.17, 15) is 4.79 Å². The van der Waals surface area contributed by atoms with Gasteiger partial charge in [0.1, 0.15) is 5.58 Å². The van der Waals surface area contributed by atoms with Crippen LogP contribution in [0.25, 0.3) is 11.0 Å². The van der Waals surface area contributed by atoms with Gasteiger partial charge in [0.05, 0.1) is 19.3 Å². The van der Waals surface area contributed by atoms with Gasteiger partial charge in [0.25, 0.3) is 0 Å². The van der Waals surface area contributed by atoms with Gasteiger partial charge in [-0.15, -0.1) is 0 Å². The van der Waals surface area contributed by atoms with Crippen molar-refractivity contribution < 1.29 is 13.9 Å². The average molecular weight is 323 g/mol. The van der Waals surface area contributed by atoms with Gasteiger partial charge in [0, 0.05) is 29.3 Å². The summed E-state index contributed by atoms with van der Waals surface area (Å²) in [6.07, 6.45) is 1.95. The highest BCUT2D eigenvalue weighted by Gasteiger charge is 2.14. The van der Waals surface area contributed by atoms with Crippen molar-refractivity contribution in [3.05, 3.63) is 64.9 Å². The van der Waals surface area contributed by atoms with Crippen LogP contribution in [0.1, 0.15) is 22.3 Å². The molecular formula is C20H21NO3. The number of hydrogen-bond donors (Lipinski definition) is 1. The number of amides is 1. The largest absolute Gasteiger partial charge is 0.464 e. The molecule has 0 aliphatic heterocycles. The molecule has 124 valence electrons. The molecule has 4 nitrogen and oxygen atoms in total. The fourth-order valence-electron chi connectivity index (χ4n) is 2.82. The number of anilines is 1. The van der Waals surface area contributed by atoms with Crippen molar-refractivity contribution >= 4 is 22.6 Å². The molecule has 0 atom stereocenters. The third kappa shape index (κ3) is 3.19. The number of hydrogen-bond acceptors (Lipinski definition) is 3. The Morgan fingerprint density at radius 3 is 2.71 bits per heavy atom. The lowest BCUT2D eigenvalue weighted by Crippen LogP contribution is -2.15. The third-order valence-electron chi connectivity index (χ3n) is 4.28. The fraction of sp³-hybridized carbons (Fsp3) is 0.250. The SMILES string of the molecule is COCc1ccccc1NC(=O)Cc1coc2c(C)c(C)ccc12.